The molecular formula is C17H33N3O2. The number of hydrogen-bond acceptors (Lipinski definition) is 4. The topological polar surface area (TPSA) is 44.8 Å². The van der Waals surface area contributed by atoms with E-state index in [0.29, 0.717) is 6.04 Å². The number of rotatable bonds is 5. The van der Waals surface area contributed by atoms with Crippen LogP contribution in [0, 0.1) is 5.41 Å². The molecule has 1 amide bonds. The first-order chi connectivity index (χ1) is 10.3. The monoisotopic (exact) mass is 311 g/mol. The van der Waals surface area contributed by atoms with Gasteiger partial charge in [0.1, 0.15) is 0 Å². The molecule has 0 aromatic heterocycles. The maximum Gasteiger partial charge on any atom is 0.207 e. The first-order valence-corrected chi connectivity index (χ1v) is 8.17. The van der Waals surface area contributed by atoms with Crippen molar-refractivity contribution in [2.45, 2.75) is 33.7 Å². The fourth-order valence-corrected chi connectivity index (χ4v) is 2.45. The largest absolute Gasteiger partial charge is 0.378 e. The minimum Gasteiger partial charge on any atom is -0.378 e. The summed E-state index contributed by atoms with van der Waals surface area (Å²) in [5.74, 6) is 0. The highest BCUT2D eigenvalue weighted by Gasteiger charge is 2.28. The average Bonchev–Trinajstić information content (AvgIpc) is 2.36. The lowest BCUT2D eigenvalue weighted by atomic mass is 9.97. The first-order valence-electron chi connectivity index (χ1n) is 8.17. The molecule has 2 fully saturated rings. The molecule has 2 heterocycles. The molecular weight excluding hydrogens is 278 g/mol. The molecule has 2 saturated heterocycles. The third kappa shape index (κ3) is 7.92. The molecule has 0 bridgehead atoms. The van der Waals surface area contributed by atoms with E-state index < -0.39 is 0 Å². The highest BCUT2D eigenvalue weighted by Crippen LogP contribution is 2.13. The van der Waals surface area contributed by atoms with Gasteiger partial charge in [-0.1, -0.05) is 32.9 Å². The Morgan fingerprint density at radius 3 is 2.18 bits per heavy atom. The van der Waals surface area contributed by atoms with Crippen molar-refractivity contribution in [1.29, 1.82) is 0 Å². The number of nitrogens with zero attached hydrogens (tertiary/aromatic N) is 2. The molecule has 128 valence electrons. The van der Waals surface area contributed by atoms with E-state index in [0.717, 1.165) is 32.7 Å². The van der Waals surface area contributed by atoms with Gasteiger partial charge in [0.05, 0.1) is 19.3 Å². The van der Waals surface area contributed by atoms with E-state index in [-0.39, 0.29) is 5.41 Å². The molecule has 0 saturated carbocycles. The number of ether oxygens (including phenoxy) is 1. The summed E-state index contributed by atoms with van der Waals surface area (Å²) < 4.78 is 5.21. The summed E-state index contributed by atoms with van der Waals surface area (Å²) in [7, 11) is 0. The maximum absolute atomic E-state index is 9.74. The second-order valence-corrected chi connectivity index (χ2v) is 7.52. The molecule has 0 aromatic rings. The van der Waals surface area contributed by atoms with E-state index in [1.165, 1.54) is 31.8 Å². The predicted molar refractivity (Wildman–Crippen MR) is 91.0 cm³/mol. The van der Waals surface area contributed by atoms with Gasteiger partial charge in [-0.15, -0.1) is 0 Å². The Balaban J connectivity index is 0.000000261. The van der Waals surface area contributed by atoms with Gasteiger partial charge in [-0.3, -0.25) is 14.6 Å². The van der Waals surface area contributed by atoms with Gasteiger partial charge in [0.2, 0.25) is 6.41 Å². The van der Waals surface area contributed by atoms with Gasteiger partial charge < -0.3 is 10.1 Å². The number of hydrogen-bond donors (Lipinski definition) is 1. The van der Waals surface area contributed by atoms with Gasteiger partial charge in [-0.2, -0.15) is 0 Å². The van der Waals surface area contributed by atoms with Crippen LogP contribution in [0.3, 0.4) is 0 Å². The summed E-state index contributed by atoms with van der Waals surface area (Å²) in [6.45, 7) is 20.7. The van der Waals surface area contributed by atoms with Crippen LogP contribution in [0.4, 0.5) is 0 Å². The quantitative estimate of drug-likeness (QED) is 0.615. The standard InChI is InChI=1S/C11H20N2O.C6H13NO/c1-10(2)7-12-3-5-13(6-4-12)11-8-14-9-11;1-6(2,3)4-7-5-8/h11H,1,3-9H2,2H3;5H,4H2,1-3H3,(H,7,8). The third-order valence-electron chi connectivity index (χ3n) is 3.75. The molecule has 0 atom stereocenters. The minimum absolute atomic E-state index is 0.209. The lowest BCUT2D eigenvalue weighted by Crippen LogP contribution is -2.56. The molecule has 2 aliphatic rings. The Hall–Kier alpha value is -0.910. The van der Waals surface area contributed by atoms with Crippen LogP contribution in [0.5, 0.6) is 0 Å². The third-order valence-corrected chi connectivity index (χ3v) is 3.75. The van der Waals surface area contributed by atoms with Crippen molar-refractivity contribution in [1.82, 2.24) is 15.1 Å². The zero-order valence-corrected chi connectivity index (χ0v) is 14.7. The normalized spacial score (nSPS) is 20.5. The summed E-state index contributed by atoms with van der Waals surface area (Å²) in [6, 6.07) is 0.710. The van der Waals surface area contributed by atoms with Gasteiger partial charge >= 0.3 is 0 Å². The molecule has 0 spiro atoms. The van der Waals surface area contributed by atoms with Crippen LogP contribution >= 0.6 is 0 Å². The number of piperazine rings is 1. The van der Waals surface area contributed by atoms with E-state index in [1.54, 1.807) is 0 Å². The van der Waals surface area contributed by atoms with Crippen molar-refractivity contribution in [2.75, 3.05) is 52.5 Å². The van der Waals surface area contributed by atoms with Crippen molar-refractivity contribution in [3.63, 3.8) is 0 Å². The van der Waals surface area contributed by atoms with E-state index in [9.17, 15) is 4.79 Å². The minimum atomic E-state index is 0.209. The molecule has 0 unspecified atom stereocenters. The van der Waals surface area contributed by atoms with Crippen LogP contribution in [0.15, 0.2) is 12.2 Å². The second kappa shape index (κ2) is 9.28. The molecule has 0 radical (unpaired) electrons. The number of carbonyl (C=O) groups is 1. The number of carbonyl (C=O) groups excluding carboxylic acids is 1. The van der Waals surface area contributed by atoms with Gasteiger partial charge in [0.25, 0.3) is 0 Å². The number of nitrogens with one attached hydrogen (secondary N) is 1. The van der Waals surface area contributed by atoms with E-state index in [4.69, 9.17) is 4.74 Å². The SMILES string of the molecule is C=C(C)CN1CCN(C2COC2)CC1.CC(C)(C)CNC=O. The maximum atomic E-state index is 9.74. The Morgan fingerprint density at radius 1 is 1.27 bits per heavy atom. The zero-order chi connectivity index (χ0) is 16.6. The van der Waals surface area contributed by atoms with Crippen LogP contribution < -0.4 is 5.32 Å². The Labute approximate surface area is 135 Å². The van der Waals surface area contributed by atoms with Crippen molar-refractivity contribution in [3.8, 4) is 0 Å². The van der Waals surface area contributed by atoms with Gasteiger partial charge in [-0.25, -0.2) is 0 Å². The predicted octanol–water partition coefficient (Wildman–Crippen LogP) is 1.36. The number of amides is 1. The van der Waals surface area contributed by atoms with Gasteiger partial charge in [0.15, 0.2) is 0 Å². The molecule has 5 nitrogen and oxygen atoms in total. The molecule has 2 rings (SSSR count). The van der Waals surface area contributed by atoms with Crippen LogP contribution in [0.25, 0.3) is 0 Å². The van der Waals surface area contributed by atoms with Gasteiger partial charge in [-0.05, 0) is 12.3 Å². The molecule has 2 aliphatic heterocycles. The van der Waals surface area contributed by atoms with Crippen molar-refractivity contribution >= 4 is 6.41 Å². The fraction of sp³-hybridized carbons (Fsp3) is 0.824. The van der Waals surface area contributed by atoms with Crippen molar-refractivity contribution < 1.29 is 9.53 Å². The zero-order valence-electron chi connectivity index (χ0n) is 14.7. The molecule has 22 heavy (non-hydrogen) atoms. The fourth-order valence-electron chi connectivity index (χ4n) is 2.45. The van der Waals surface area contributed by atoms with Crippen LogP contribution in [-0.4, -0.2) is 74.7 Å². The summed E-state index contributed by atoms with van der Waals surface area (Å²) in [6.07, 6.45) is 0.727. The van der Waals surface area contributed by atoms with E-state index in [2.05, 4.69) is 49.4 Å². The van der Waals surface area contributed by atoms with Crippen molar-refractivity contribution in [3.05, 3.63) is 12.2 Å². The highest BCUT2D eigenvalue weighted by molar-refractivity contribution is 5.45. The van der Waals surface area contributed by atoms with E-state index >= 15 is 0 Å². The summed E-state index contributed by atoms with van der Waals surface area (Å²) >= 11 is 0. The Bertz CT molecular complexity index is 340. The van der Waals surface area contributed by atoms with Crippen molar-refractivity contribution in [2.24, 2.45) is 5.41 Å². The Morgan fingerprint density at radius 2 is 1.86 bits per heavy atom. The first kappa shape index (κ1) is 19.1. The van der Waals surface area contributed by atoms with E-state index in [1.807, 2.05) is 0 Å². The molecule has 1 N–H and O–H groups in total. The average molecular weight is 311 g/mol. The lowest BCUT2D eigenvalue weighted by Gasteiger charge is -2.42. The smallest absolute Gasteiger partial charge is 0.207 e. The molecule has 0 aliphatic carbocycles. The molecule has 0 aromatic carbocycles. The van der Waals surface area contributed by atoms with Crippen LogP contribution in [0.2, 0.25) is 0 Å². The Kier molecular flexibility index (Phi) is 8.07. The van der Waals surface area contributed by atoms with Crippen LogP contribution in [-0.2, 0) is 9.53 Å². The summed E-state index contributed by atoms with van der Waals surface area (Å²) in [5.41, 5.74) is 1.48. The summed E-state index contributed by atoms with van der Waals surface area (Å²) in [5, 5.41) is 2.61. The second-order valence-electron chi connectivity index (χ2n) is 7.52. The molecule has 5 heteroatoms. The van der Waals surface area contributed by atoms with Crippen LogP contribution in [0.1, 0.15) is 27.7 Å². The summed E-state index contributed by atoms with van der Waals surface area (Å²) in [4.78, 5) is 14.8. The highest BCUT2D eigenvalue weighted by atomic mass is 16.5. The lowest BCUT2D eigenvalue weighted by molar-refractivity contribution is -0.109. The van der Waals surface area contributed by atoms with Gasteiger partial charge in [0, 0.05) is 39.3 Å².